The summed E-state index contributed by atoms with van der Waals surface area (Å²) in [6, 6.07) is 12.8. The van der Waals surface area contributed by atoms with Crippen LogP contribution in [-0.4, -0.2) is 25.8 Å². The molecule has 35 heavy (non-hydrogen) atoms. The van der Waals surface area contributed by atoms with E-state index in [4.69, 9.17) is 4.74 Å². The van der Waals surface area contributed by atoms with Crippen molar-refractivity contribution in [1.29, 1.82) is 5.26 Å². The van der Waals surface area contributed by atoms with Crippen molar-refractivity contribution in [1.82, 2.24) is 19.9 Å². The van der Waals surface area contributed by atoms with Crippen molar-refractivity contribution in [2.24, 2.45) is 0 Å². The van der Waals surface area contributed by atoms with Crippen LogP contribution in [0.1, 0.15) is 27.3 Å². The van der Waals surface area contributed by atoms with Crippen molar-refractivity contribution in [2.45, 2.75) is 10.9 Å². The summed E-state index contributed by atoms with van der Waals surface area (Å²) in [4.78, 5) is 28.9. The zero-order valence-electron chi connectivity index (χ0n) is 18.0. The number of aryl methyl sites for hydroxylation is 1. The third kappa shape index (κ3) is 5.72. The van der Waals surface area contributed by atoms with Crippen LogP contribution in [0.15, 0.2) is 67.3 Å². The van der Waals surface area contributed by atoms with E-state index in [1.165, 1.54) is 18.5 Å². The van der Waals surface area contributed by atoms with Crippen molar-refractivity contribution in [3.63, 3.8) is 0 Å². The Bertz CT molecular complexity index is 1440. The molecule has 8 nitrogen and oxygen atoms in total. The first-order chi connectivity index (χ1) is 16.7. The number of carbonyl (C=O) groups excluding carboxylic acids is 1. The molecule has 0 unspecified atom stereocenters. The Morgan fingerprint density at radius 3 is 2.63 bits per heavy atom. The first-order valence-corrected chi connectivity index (χ1v) is 11.1. The number of amides is 1. The lowest BCUT2D eigenvalue weighted by atomic mass is 10.0. The smallest absolute Gasteiger partial charge is 0.337 e. The number of hydrogen-bond acceptors (Lipinski definition) is 7. The predicted octanol–water partition coefficient (Wildman–Crippen LogP) is 5.64. The van der Waals surface area contributed by atoms with E-state index in [1.807, 2.05) is 0 Å². The second kappa shape index (κ2) is 10.1. The van der Waals surface area contributed by atoms with Crippen LogP contribution in [0.3, 0.4) is 0 Å². The van der Waals surface area contributed by atoms with Gasteiger partial charge < -0.3 is 10.1 Å². The molecule has 0 saturated carbocycles. The molecule has 0 spiro atoms. The fraction of sp³-hybridized carbons (Fsp3) is 0.0833. The van der Waals surface area contributed by atoms with E-state index < -0.39 is 15.5 Å². The van der Waals surface area contributed by atoms with Gasteiger partial charge in [-0.1, -0.05) is 6.07 Å². The van der Waals surface area contributed by atoms with Crippen molar-refractivity contribution >= 4 is 34.2 Å². The van der Waals surface area contributed by atoms with Crippen molar-refractivity contribution in [3.05, 3.63) is 89.8 Å². The van der Waals surface area contributed by atoms with Crippen LogP contribution >= 0.6 is 22.6 Å². The van der Waals surface area contributed by atoms with Gasteiger partial charge in [-0.3, -0.25) is 14.8 Å². The van der Waals surface area contributed by atoms with E-state index in [-0.39, 0.29) is 17.0 Å². The molecule has 0 aliphatic rings. The number of alkyl halides is 3. The fourth-order valence-electron chi connectivity index (χ4n) is 3.09. The molecule has 1 N–H and O–H groups in total. The lowest BCUT2D eigenvalue weighted by molar-refractivity contribution is 0.102. The van der Waals surface area contributed by atoms with E-state index >= 15 is 0 Å². The minimum Gasteiger partial charge on any atom is -0.419 e. The minimum absolute atomic E-state index is 0.0259. The van der Waals surface area contributed by atoms with Crippen LogP contribution in [0.4, 0.5) is 14.5 Å². The number of ether oxygens (including phenoxy) is 1. The number of anilines is 1. The molecule has 0 fully saturated rings. The molecular weight excluding hydrogens is 569 g/mol. The molecule has 0 bridgehead atoms. The summed E-state index contributed by atoms with van der Waals surface area (Å²) in [6.45, 7) is 1.77. The third-order valence-corrected chi connectivity index (χ3v) is 5.33. The van der Waals surface area contributed by atoms with Crippen LogP contribution in [0.2, 0.25) is 0 Å². The quantitative estimate of drug-likeness (QED) is 0.231. The SMILES string of the molecule is Cc1ncc(NC(=O)c2ccnc(C(F)(F)I)c2)cc1-c1cnc(Oc2ccccn2)c(C#N)c1. The summed E-state index contributed by atoms with van der Waals surface area (Å²) in [5, 5.41) is 12.2. The zero-order chi connectivity index (χ0) is 25.0. The normalized spacial score (nSPS) is 10.9. The standard InChI is InChI=1S/C24H15F2IN6O2/c1-14-19(17-8-16(11-28)23(32-12-17)35-21-4-2-3-6-30-21)10-18(13-31-14)33-22(34)15-5-7-29-20(9-15)24(25,26)27/h2-10,12-13H,1H3,(H,33,34). The molecule has 1 amide bonds. The van der Waals surface area contributed by atoms with Crippen molar-refractivity contribution < 1.29 is 18.3 Å². The Hall–Kier alpha value is -4.05. The Morgan fingerprint density at radius 1 is 1.09 bits per heavy atom. The molecule has 174 valence electrons. The third-order valence-electron chi connectivity index (χ3n) is 4.78. The average molecular weight is 584 g/mol. The lowest BCUT2D eigenvalue weighted by Gasteiger charge is -2.12. The summed E-state index contributed by atoms with van der Waals surface area (Å²) >= 11 is 0.956. The molecule has 0 atom stereocenters. The molecule has 4 heterocycles. The number of rotatable bonds is 6. The van der Waals surface area contributed by atoms with Gasteiger partial charge in [0.2, 0.25) is 11.8 Å². The van der Waals surface area contributed by atoms with Crippen LogP contribution in [-0.2, 0) is 3.93 Å². The number of hydrogen-bond donors (Lipinski definition) is 1. The number of nitriles is 1. The number of aromatic nitrogens is 4. The Balaban J connectivity index is 1.60. The maximum atomic E-state index is 13.6. The lowest BCUT2D eigenvalue weighted by Crippen LogP contribution is -2.14. The molecule has 0 aromatic carbocycles. The Morgan fingerprint density at radius 2 is 1.91 bits per heavy atom. The van der Waals surface area contributed by atoms with E-state index in [1.54, 1.807) is 43.5 Å². The maximum absolute atomic E-state index is 13.6. The molecule has 4 aromatic rings. The van der Waals surface area contributed by atoms with Gasteiger partial charge in [0.25, 0.3) is 5.91 Å². The summed E-state index contributed by atoms with van der Waals surface area (Å²) in [5.41, 5.74) is 1.85. The highest BCUT2D eigenvalue weighted by Gasteiger charge is 2.29. The highest BCUT2D eigenvalue weighted by Crippen LogP contribution is 2.34. The van der Waals surface area contributed by atoms with Gasteiger partial charge in [0, 0.05) is 69.6 Å². The van der Waals surface area contributed by atoms with Crippen molar-refractivity contribution in [3.8, 4) is 29.0 Å². The minimum atomic E-state index is -3.20. The van der Waals surface area contributed by atoms with E-state index in [2.05, 4.69) is 31.3 Å². The summed E-state index contributed by atoms with van der Waals surface area (Å²) < 4.78 is 29.5. The van der Waals surface area contributed by atoms with Gasteiger partial charge in [-0.25, -0.2) is 9.97 Å². The number of pyridine rings is 4. The second-order valence-electron chi connectivity index (χ2n) is 7.20. The first-order valence-electron chi connectivity index (χ1n) is 10.1. The van der Waals surface area contributed by atoms with Gasteiger partial charge in [-0.15, -0.1) is 0 Å². The highest BCUT2D eigenvalue weighted by molar-refractivity contribution is 14.1. The molecule has 11 heteroatoms. The van der Waals surface area contributed by atoms with Gasteiger partial charge in [0.05, 0.1) is 11.9 Å². The molecule has 0 saturated heterocycles. The summed E-state index contributed by atoms with van der Waals surface area (Å²) in [6.07, 6.45) is 5.68. The number of nitrogens with zero attached hydrogens (tertiary/aromatic N) is 5. The van der Waals surface area contributed by atoms with Crippen molar-refractivity contribution in [2.75, 3.05) is 5.32 Å². The van der Waals surface area contributed by atoms with Crippen LogP contribution in [0, 0.1) is 18.3 Å². The van der Waals surface area contributed by atoms with Gasteiger partial charge in [0.15, 0.2) is 0 Å². The number of halogens is 3. The molecule has 4 aromatic heterocycles. The van der Waals surface area contributed by atoms with E-state index in [9.17, 15) is 18.8 Å². The highest BCUT2D eigenvalue weighted by atomic mass is 127. The molecule has 0 aliphatic heterocycles. The van der Waals surface area contributed by atoms with Crippen LogP contribution in [0.25, 0.3) is 11.1 Å². The van der Waals surface area contributed by atoms with E-state index in [0.29, 0.717) is 28.4 Å². The number of nitrogens with one attached hydrogen (secondary N) is 1. The zero-order valence-corrected chi connectivity index (χ0v) is 20.2. The summed E-state index contributed by atoms with van der Waals surface area (Å²) in [5.74, 6) is -0.196. The van der Waals surface area contributed by atoms with Crippen LogP contribution < -0.4 is 10.1 Å². The second-order valence-corrected chi connectivity index (χ2v) is 8.55. The summed E-state index contributed by atoms with van der Waals surface area (Å²) in [7, 11) is 0. The predicted molar refractivity (Wildman–Crippen MR) is 131 cm³/mol. The fourth-order valence-corrected chi connectivity index (χ4v) is 3.39. The number of carbonyl (C=O) groups is 1. The molecule has 0 aliphatic carbocycles. The van der Waals surface area contributed by atoms with Gasteiger partial charge >= 0.3 is 3.93 Å². The van der Waals surface area contributed by atoms with Crippen LogP contribution in [0.5, 0.6) is 11.8 Å². The largest absolute Gasteiger partial charge is 0.419 e. The monoisotopic (exact) mass is 584 g/mol. The average Bonchev–Trinajstić information content (AvgIpc) is 2.85. The van der Waals surface area contributed by atoms with Gasteiger partial charge in [-0.05, 0) is 37.3 Å². The molecular formula is C24H15F2IN6O2. The van der Waals surface area contributed by atoms with Gasteiger partial charge in [-0.2, -0.15) is 14.0 Å². The molecule has 0 radical (unpaired) electrons. The Kier molecular flexibility index (Phi) is 6.92. The van der Waals surface area contributed by atoms with E-state index in [0.717, 1.165) is 34.9 Å². The first kappa shape index (κ1) is 24.1. The van der Waals surface area contributed by atoms with Gasteiger partial charge in [0.1, 0.15) is 17.3 Å². The Labute approximate surface area is 212 Å². The topological polar surface area (TPSA) is 114 Å². The molecule has 4 rings (SSSR count). The maximum Gasteiger partial charge on any atom is 0.337 e.